The smallest absolute Gasteiger partial charge is 0.230 e. The molecule has 0 saturated heterocycles. The summed E-state index contributed by atoms with van der Waals surface area (Å²) in [6, 6.07) is 6.40. The fourth-order valence-electron chi connectivity index (χ4n) is 3.63. The lowest BCUT2D eigenvalue weighted by Crippen LogP contribution is -2.51. The van der Waals surface area contributed by atoms with Crippen LogP contribution in [-0.4, -0.2) is 32.6 Å². The quantitative estimate of drug-likeness (QED) is 0.615. The summed E-state index contributed by atoms with van der Waals surface area (Å²) >= 11 is 38.0. The van der Waals surface area contributed by atoms with Gasteiger partial charge in [-0.3, -0.25) is 4.79 Å². The molecule has 152 valence electrons. The molecule has 2 aliphatic rings. The summed E-state index contributed by atoms with van der Waals surface area (Å²) in [4.78, 5) is 20.7. The molecule has 1 amide bonds. The van der Waals surface area contributed by atoms with Crippen LogP contribution in [0.4, 0.5) is 5.69 Å². The van der Waals surface area contributed by atoms with E-state index in [1.807, 2.05) is 6.92 Å². The van der Waals surface area contributed by atoms with E-state index in [9.17, 15) is 14.7 Å². The van der Waals surface area contributed by atoms with Crippen LogP contribution in [0.5, 0.6) is 5.75 Å². The summed E-state index contributed by atoms with van der Waals surface area (Å²) in [5, 5.41) is 13.8. The van der Waals surface area contributed by atoms with E-state index in [1.54, 1.807) is 24.3 Å². The molecule has 11 heteroatoms. The SMILES string of the molecule is CCOc1ccc(NC(=O)C2C(C(=O)[O-])C3(Cl)C(Cl)=C(Cl)C2(Cl)C3(Cl)Cl)cc1. The van der Waals surface area contributed by atoms with Crippen LogP contribution in [0.25, 0.3) is 0 Å². The van der Waals surface area contributed by atoms with Crippen LogP contribution in [-0.2, 0) is 9.59 Å². The van der Waals surface area contributed by atoms with Gasteiger partial charge in [-0.1, -0.05) is 46.4 Å². The van der Waals surface area contributed by atoms with E-state index >= 15 is 0 Å². The highest BCUT2D eigenvalue weighted by molar-refractivity contribution is 6.66. The Labute approximate surface area is 190 Å². The summed E-state index contributed by atoms with van der Waals surface area (Å²) in [6.07, 6.45) is 0. The highest BCUT2D eigenvalue weighted by atomic mass is 35.5. The van der Waals surface area contributed by atoms with Crippen molar-refractivity contribution in [3.8, 4) is 5.75 Å². The number of carbonyl (C=O) groups excluding carboxylic acids is 2. The summed E-state index contributed by atoms with van der Waals surface area (Å²) in [6.45, 7) is 2.31. The molecule has 2 aliphatic carbocycles. The first-order chi connectivity index (χ1) is 12.9. The van der Waals surface area contributed by atoms with Gasteiger partial charge in [0, 0.05) is 17.6 Å². The largest absolute Gasteiger partial charge is 0.550 e. The molecule has 0 aromatic heterocycles. The molecule has 0 heterocycles. The van der Waals surface area contributed by atoms with E-state index in [4.69, 9.17) is 74.3 Å². The lowest BCUT2D eigenvalue weighted by Gasteiger charge is -2.36. The molecule has 1 saturated carbocycles. The monoisotopic (exact) mass is 504 g/mol. The van der Waals surface area contributed by atoms with Gasteiger partial charge in [0.1, 0.15) is 15.5 Å². The van der Waals surface area contributed by atoms with E-state index in [0.29, 0.717) is 18.0 Å². The summed E-state index contributed by atoms with van der Waals surface area (Å²) in [7, 11) is 0. The van der Waals surface area contributed by atoms with Gasteiger partial charge in [0.25, 0.3) is 0 Å². The second-order valence-electron chi connectivity index (χ2n) is 6.35. The molecule has 0 aliphatic heterocycles. The molecule has 1 aromatic rings. The molecule has 4 unspecified atom stereocenters. The number of halogens is 6. The molecule has 1 fully saturated rings. The molecule has 5 nitrogen and oxygen atoms in total. The number of amides is 1. The number of hydrogen-bond acceptors (Lipinski definition) is 4. The number of anilines is 1. The number of ether oxygens (including phenoxy) is 1. The Morgan fingerprint density at radius 1 is 1.04 bits per heavy atom. The second-order valence-corrected chi connectivity index (χ2v) is 9.62. The first-order valence-electron chi connectivity index (χ1n) is 8.01. The van der Waals surface area contributed by atoms with Gasteiger partial charge in [-0.25, -0.2) is 0 Å². The van der Waals surface area contributed by atoms with Crippen LogP contribution in [0, 0.1) is 11.8 Å². The van der Waals surface area contributed by atoms with Crippen molar-refractivity contribution in [2.75, 3.05) is 11.9 Å². The molecule has 0 spiro atoms. The number of aliphatic carboxylic acids is 1. The maximum atomic E-state index is 13.0. The topological polar surface area (TPSA) is 78.5 Å². The van der Waals surface area contributed by atoms with Crippen molar-refractivity contribution in [3.05, 3.63) is 34.3 Å². The molecule has 0 radical (unpaired) electrons. The molecule has 4 atom stereocenters. The zero-order chi connectivity index (χ0) is 21.1. The Balaban J connectivity index is 2.00. The molecule has 2 bridgehead atoms. The third-order valence-electron chi connectivity index (χ3n) is 4.91. The van der Waals surface area contributed by atoms with E-state index < -0.39 is 37.8 Å². The number of carboxylic acids is 1. The summed E-state index contributed by atoms with van der Waals surface area (Å²) < 4.78 is 3.15. The van der Waals surface area contributed by atoms with Crippen LogP contribution in [0.1, 0.15) is 6.92 Å². The number of benzene rings is 1. The van der Waals surface area contributed by atoms with Crippen LogP contribution in [0.15, 0.2) is 34.3 Å². The average Bonchev–Trinajstić information content (AvgIpc) is 2.83. The average molecular weight is 507 g/mol. The number of rotatable bonds is 5. The summed E-state index contributed by atoms with van der Waals surface area (Å²) in [5.41, 5.74) is 0.359. The fraction of sp³-hybridized carbons (Fsp3) is 0.412. The van der Waals surface area contributed by atoms with Crippen molar-refractivity contribution in [2.45, 2.75) is 21.0 Å². The Morgan fingerprint density at radius 2 is 1.54 bits per heavy atom. The Bertz CT molecular complexity index is 873. The minimum atomic E-state index is -2.18. The van der Waals surface area contributed by atoms with Gasteiger partial charge in [0.15, 0.2) is 4.33 Å². The molecule has 28 heavy (non-hydrogen) atoms. The second kappa shape index (κ2) is 7.29. The maximum Gasteiger partial charge on any atom is 0.230 e. The van der Waals surface area contributed by atoms with Gasteiger partial charge in [0.2, 0.25) is 5.91 Å². The van der Waals surface area contributed by atoms with Crippen molar-refractivity contribution in [2.24, 2.45) is 11.8 Å². The van der Waals surface area contributed by atoms with Gasteiger partial charge < -0.3 is 20.0 Å². The highest BCUT2D eigenvalue weighted by Gasteiger charge is 2.84. The van der Waals surface area contributed by atoms with E-state index in [2.05, 4.69) is 5.32 Å². The zero-order valence-electron chi connectivity index (χ0n) is 14.1. The lowest BCUT2D eigenvalue weighted by atomic mass is 9.81. The fourth-order valence-corrected chi connectivity index (χ4v) is 6.57. The van der Waals surface area contributed by atoms with Gasteiger partial charge in [0.05, 0.1) is 22.6 Å². The van der Waals surface area contributed by atoms with Crippen molar-refractivity contribution >= 4 is 87.2 Å². The number of hydrogen-bond donors (Lipinski definition) is 1. The summed E-state index contributed by atoms with van der Waals surface area (Å²) in [5.74, 6) is -5.16. The molecular weight excluding hydrogens is 495 g/mol. The normalized spacial score (nSPS) is 33.1. The first-order valence-corrected chi connectivity index (χ1v) is 10.3. The van der Waals surface area contributed by atoms with Crippen molar-refractivity contribution < 1.29 is 19.4 Å². The molecule has 1 N–H and O–H groups in total. The van der Waals surface area contributed by atoms with Gasteiger partial charge in [-0.2, -0.15) is 0 Å². The number of fused-ring (bicyclic) bond motifs is 2. The zero-order valence-corrected chi connectivity index (χ0v) is 18.6. The molecule has 3 rings (SSSR count). The number of nitrogens with one attached hydrogen (secondary N) is 1. The minimum absolute atomic E-state index is 0.278. The predicted molar refractivity (Wildman–Crippen MR) is 109 cm³/mol. The standard InChI is InChI=1S/C17H13Cl6NO4/c1-2-28-8-5-3-7(4-6-8)24-13(25)9-10(14(26)27)16(21)12(19)11(18)15(9,20)17(16,22)23/h3-6,9-10H,2H2,1H3,(H,24,25)(H,26,27)/p-1. The van der Waals surface area contributed by atoms with Gasteiger partial charge in [-0.15, -0.1) is 23.2 Å². The van der Waals surface area contributed by atoms with Gasteiger partial charge in [-0.05, 0) is 31.2 Å². The Morgan fingerprint density at radius 3 is 2.00 bits per heavy atom. The highest BCUT2D eigenvalue weighted by Crippen LogP contribution is 2.76. The lowest BCUT2D eigenvalue weighted by molar-refractivity contribution is -0.313. The van der Waals surface area contributed by atoms with E-state index in [0.717, 1.165) is 0 Å². The van der Waals surface area contributed by atoms with Crippen LogP contribution in [0.3, 0.4) is 0 Å². The van der Waals surface area contributed by atoms with Crippen LogP contribution >= 0.6 is 69.6 Å². The van der Waals surface area contributed by atoms with E-state index in [-0.39, 0.29) is 10.1 Å². The van der Waals surface area contributed by atoms with Crippen LogP contribution in [0.2, 0.25) is 0 Å². The van der Waals surface area contributed by atoms with Gasteiger partial charge >= 0.3 is 0 Å². The van der Waals surface area contributed by atoms with E-state index in [1.165, 1.54) is 0 Å². The number of carbonyl (C=O) groups is 2. The van der Waals surface area contributed by atoms with Crippen molar-refractivity contribution in [1.29, 1.82) is 0 Å². The Hall–Kier alpha value is -0.560. The first kappa shape index (κ1) is 22.1. The number of alkyl halides is 4. The predicted octanol–water partition coefficient (Wildman–Crippen LogP) is 3.85. The minimum Gasteiger partial charge on any atom is -0.550 e. The number of allylic oxidation sites excluding steroid dienone is 2. The molecular formula is C17H12Cl6NO4-. The molecule has 1 aromatic carbocycles. The third-order valence-corrected chi connectivity index (χ3v) is 9.16. The third kappa shape index (κ3) is 2.74. The van der Waals surface area contributed by atoms with Crippen LogP contribution < -0.4 is 15.2 Å². The number of carboxylic acid groups (broad SMARTS) is 1. The Kier molecular flexibility index (Phi) is 5.76. The van der Waals surface area contributed by atoms with Crippen molar-refractivity contribution in [1.82, 2.24) is 0 Å². The van der Waals surface area contributed by atoms with Crippen molar-refractivity contribution in [3.63, 3.8) is 0 Å². The maximum absolute atomic E-state index is 13.0.